The molecule has 108 valence electrons. The van der Waals surface area contributed by atoms with Crippen molar-refractivity contribution in [1.82, 2.24) is 5.32 Å². The van der Waals surface area contributed by atoms with Crippen LogP contribution < -0.4 is 10.2 Å². The first-order valence-electron chi connectivity index (χ1n) is 7.80. The largest absolute Gasteiger partial charge is 0.353 e. The van der Waals surface area contributed by atoms with Gasteiger partial charge in [0, 0.05) is 44.2 Å². The molecule has 1 aromatic rings. The number of hydrogen-bond acceptors (Lipinski definition) is 1. The highest BCUT2D eigenvalue weighted by Gasteiger charge is 2.44. The molecule has 2 bridgehead atoms. The summed E-state index contributed by atoms with van der Waals surface area (Å²) in [7, 11) is 0. The van der Waals surface area contributed by atoms with E-state index in [1.165, 1.54) is 24.0 Å². The monoisotopic (exact) mass is 273 g/mol. The molecule has 0 aromatic heterocycles. The van der Waals surface area contributed by atoms with Gasteiger partial charge in [0.15, 0.2) is 0 Å². The summed E-state index contributed by atoms with van der Waals surface area (Å²) in [6.07, 6.45) is 4.94. The van der Waals surface area contributed by atoms with Crippen LogP contribution in [-0.4, -0.2) is 24.0 Å². The molecule has 3 heteroatoms. The van der Waals surface area contributed by atoms with E-state index in [0.717, 1.165) is 31.5 Å². The third-order valence-corrected chi connectivity index (χ3v) is 4.99. The van der Waals surface area contributed by atoms with Gasteiger partial charge < -0.3 is 10.2 Å². The molecule has 2 fully saturated rings. The van der Waals surface area contributed by atoms with E-state index in [1.54, 1.807) is 11.8 Å². The zero-order valence-electron chi connectivity index (χ0n) is 12.5. The molecule has 0 saturated carbocycles. The van der Waals surface area contributed by atoms with Gasteiger partial charge in [0.25, 0.3) is 0 Å². The van der Waals surface area contributed by atoms with Crippen molar-refractivity contribution in [2.75, 3.05) is 0 Å². The fourth-order valence-corrected chi connectivity index (χ4v) is 4.06. The minimum Gasteiger partial charge on any atom is -0.353 e. The molecule has 20 heavy (non-hydrogen) atoms. The van der Waals surface area contributed by atoms with Crippen LogP contribution >= 0.6 is 0 Å². The van der Waals surface area contributed by atoms with Crippen LogP contribution in [0.25, 0.3) is 0 Å². The summed E-state index contributed by atoms with van der Waals surface area (Å²) in [5, 5.41) is 3.12. The normalized spacial score (nSPS) is 32.1. The van der Waals surface area contributed by atoms with Crippen LogP contribution in [0.1, 0.15) is 43.7 Å². The van der Waals surface area contributed by atoms with Crippen LogP contribution in [-0.2, 0) is 11.3 Å². The molecule has 0 spiro atoms. The molecule has 2 unspecified atom stereocenters. The standard InChI is InChI=1S/C17H24N2O/c1-12-3-5-14(6-4-12)11-19-16-7-8-17(19)10-15(9-16)18-13(2)20/h3-6,15-17H,7-11H2,1-2H3,(H,18,20)/p+1/t15?,16-,17+. The molecular weight excluding hydrogens is 248 g/mol. The summed E-state index contributed by atoms with van der Waals surface area (Å²) in [5.74, 6) is 0.122. The van der Waals surface area contributed by atoms with Crippen molar-refractivity contribution in [1.29, 1.82) is 0 Å². The van der Waals surface area contributed by atoms with E-state index in [-0.39, 0.29) is 5.91 Å². The number of carbonyl (C=O) groups is 1. The zero-order valence-corrected chi connectivity index (χ0v) is 12.5. The molecule has 3 nitrogen and oxygen atoms in total. The molecule has 2 heterocycles. The Hall–Kier alpha value is -1.35. The van der Waals surface area contributed by atoms with Gasteiger partial charge in [-0.05, 0) is 6.92 Å². The van der Waals surface area contributed by atoms with Gasteiger partial charge in [0.05, 0.1) is 12.1 Å². The Morgan fingerprint density at radius 3 is 2.35 bits per heavy atom. The Kier molecular flexibility index (Phi) is 3.79. The van der Waals surface area contributed by atoms with Crippen LogP contribution in [0.5, 0.6) is 0 Å². The smallest absolute Gasteiger partial charge is 0.217 e. The maximum Gasteiger partial charge on any atom is 0.217 e. The van der Waals surface area contributed by atoms with Crippen molar-refractivity contribution >= 4 is 5.91 Å². The van der Waals surface area contributed by atoms with E-state index in [0.29, 0.717) is 6.04 Å². The molecule has 3 rings (SSSR count). The number of nitrogens with one attached hydrogen (secondary N) is 2. The highest BCUT2D eigenvalue weighted by atomic mass is 16.1. The Bertz CT molecular complexity index is 468. The molecule has 2 aliphatic rings. The lowest BCUT2D eigenvalue weighted by Gasteiger charge is -2.36. The van der Waals surface area contributed by atoms with Crippen molar-refractivity contribution in [3.63, 3.8) is 0 Å². The molecule has 0 aliphatic carbocycles. The molecule has 2 N–H and O–H groups in total. The number of amides is 1. The van der Waals surface area contributed by atoms with Gasteiger partial charge in [-0.15, -0.1) is 0 Å². The van der Waals surface area contributed by atoms with E-state index in [9.17, 15) is 4.79 Å². The van der Waals surface area contributed by atoms with Crippen molar-refractivity contribution in [3.8, 4) is 0 Å². The topological polar surface area (TPSA) is 33.5 Å². The summed E-state index contributed by atoms with van der Waals surface area (Å²) in [6, 6.07) is 10.8. The third-order valence-electron chi connectivity index (χ3n) is 4.99. The second kappa shape index (κ2) is 5.57. The predicted molar refractivity (Wildman–Crippen MR) is 79.5 cm³/mol. The Morgan fingerprint density at radius 2 is 1.80 bits per heavy atom. The number of carbonyl (C=O) groups excluding carboxylic acids is 1. The van der Waals surface area contributed by atoms with Crippen LogP contribution in [0.3, 0.4) is 0 Å². The Labute approximate surface area is 121 Å². The first-order valence-corrected chi connectivity index (χ1v) is 7.80. The fraction of sp³-hybridized carbons (Fsp3) is 0.588. The quantitative estimate of drug-likeness (QED) is 0.853. The number of rotatable bonds is 3. The first kappa shape index (κ1) is 13.6. The lowest BCUT2D eigenvalue weighted by Crippen LogP contribution is -3.17. The van der Waals surface area contributed by atoms with Crippen LogP contribution in [0.2, 0.25) is 0 Å². The average Bonchev–Trinajstić information content (AvgIpc) is 2.63. The zero-order chi connectivity index (χ0) is 14.1. The Balaban J connectivity index is 1.65. The highest BCUT2D eigenvalue weighted by molar-refractivity contribution is 5.73. The van der Waals surface area contributed by atoms with Gasteiger partial charge in [-0.25, -0.2) is 0 Å². The van der Waals surface area contributed by atoms with Crippen molar-refractivity contribution in [3.05, 3.63) is 35.4 Å². The maximum absolute atomic E-state index is 11.2. The molecule has 2 saturated heterocycles. The van der Waals surface area contributed by atoms with Gasteiger partial charge >= 0.3 is 0 Å². The van der Waals surface area contributed by atoms with Crippen LogP contribution in [0, 0.1) is 6.92 Å². The summed E-state index contributed by atoms with van der Waals surface area (Å²) in [5.41, 5.74) is 2.77. The number of hydrogen-bond donors (Lipinski definition) is 2. The lowest BCUT2D eigenvalue weighted by atomic mass is 9.96. The fourth-order valence-electron chi connectivity index (χ4n) is 4.06. The second-order valence-corrected chi connectivity index (χ2v) is 6.58. The van der Waals surface area contributed by atoms with Crippen LogP contribution in [0.4, 0.5) is 0 Å². The molecule has 0 radical (unpaired) electrons. The minimum absolute atomic E-state index is 0.122. The summed E-state index contributed by atoms with van der Waals surface area (Å²) < 4.78 is 0. The van der Waals surface area contributed by atoms with Gasteiger partial charge in [0.1, 0.15) is 6.54 Å². The number of benzene rings is 1. The predicted octanol–water partition coefficient (Wildman–Crippen LogP) is 1.21. The molecular formula is C17H25N2O+. The lowest BCUT2D eigenvalue weighted by molar-refractivity contribution is -0.954. The van der Waals surface area contributed by atoms with Crippen molar-refractivity contribution < 1.29 is 9.69 Å². The SMILES string of the molecule is CC(=O)NC1C[C@H]2CC[C@@H](C1)[NH+]2Cc1ccc(C)cc1. The van der Waals surface area contributed by atoms with Gasteiger partial charge in [0.2, 0.25) is 5.91 Å². The van der Waals surface area contributed by atoms with E-state index in [4.69, 9.17) is 0 Å². The Morgan fingerprint density at radius 1 is 1.20 bits per heavy atom. The minimum atomic E-state index is 0.122. The highest BCUT2D eigenvalue weighted by Crippen LogP contribution is 2.23. The van der Waals surface area contributed by atoms with E-state index in [1.807, 2.05) is 0 Å². The van der Waals surface area contributed by atoms with Gasteiger partial charge in [-0.1, -0.05) is 29.8 Å². The molecule has 2 aliphatic heterocycles. The summed E-state index contributed by atoms with van der Waals surface area (Å²) in [4.78, 5) is 13.0. The van der Waals surface area contributed by atoms with E-state index < -0.39 is 0 Å². The van der Waals surface area contributed by atoms with Gasteiger partial charge in [-0.2, -0.15) is 0 Å². The van der Waals surface area contributed by atoms with Crippen molar-refractivity contribution in [2.24, 2.45) is 0 Å². The molecule has 1 aromatic carbocycles. The maximum atomic E-state index is 11.2. The number of quaternary nitrogens is 1. The summed E-state index contributed by atoms with van der Waals surface area (Å²) in [6.45, 7) is 4.91. The molecule has 4 atom stereocenters. The number of piperidine rings is 1. The molecule has 1 amide bonds. The first-order chi connectivity index (χ1) is 9.61. The number of fused-ring (bicyclic) bond motifs is 2. The van der Waals surface area contributed by atoms with Gasteiger partial charge in [-0.3, -0.25) is 4.79 Å². The second-order valence-electron chi connectivity index (χ2n) is 6.58. The third kappa shape index (κ3) is 2.88. The average molecular weight is 273 g/mol. The van der Waals surface area contributed by atoms with Crippen molar-refractivity contribution in [2.45, 2.75) is 64.2 Å². The van der Waals surface area contributed by atoms with E-state index in [2.05, 4.69) is 36.5 Å². The van der Waals surface area contributed by atoms with Crippen LogP contribution in [0.15, 0.2) is 24.3 Å². The summed E-state index contributed by atoms with van der Waals surface area (Å²) >= 11 is 0. The van der Waals surface area contributed by atoms with E-state index >= 15 is 0 Å². The number of aryl methyl sites for hydroxylation is 1.